The van der Waals surface area contributed by atoms with Gasteiger partial charge in [0.15, 0.2) is 0 Å². The normalized spacial score (nSPS) is 10.3. The highest BCUT2D eigenvalue weighted by Gasteiger charge is 2.23. The summed E-state index contributed by atoms with van der Waals surface area (Å²) in [5.74, 6) is -0.651. The van der Waals surface area contributed by atoms with Gasteiger partial charge in [-0.1, -0.05) is 13.8 Å². The topological polar surface area (TPSA) is 72.5 Å². The maximum absolute atomic E-state index is 11.1. The third-order valence-electron chi connectivity index (χ3n) is 1.92. The fraction of sp³-hybridized carbons (Fsp3) is 0.500. The lowest BCUT2D eigenvalue weighted by molar-refractivity contribution is -0.134. The molecule has 1 aromatic carbocycles. The van der Waals surface area contributed by atoms with Crippen molar-refractivity contribution < 1.29 is 9.53 Å². The van der Waals surface area contributed by atoms with Crippen molar-refractivity contribution in [2.45, 2.75) is 26.7 Å². The number of hydrogen-bond acceptors (Lipinski definition) is 5. The van der Waals surface area contributed by atoms with Gasteiger partial charge in [-0.15, -0.1) is 0 Å². The predicted octanol–water partition coefficient (Wildman–Crippen LogP) is 0.420. The first-order valence-electron chi connectivity index (χ1n) is 4.89. The van der Waals surface area contributed by atoms with E-state index >= 15 is 0 Å². The Labute approximate surface area is 86.7 Å². The van der Waals surface area contributed by atoms with E-state index in [4.69, 9.17) is 4.74 Å². The maximum Gasteiger partial charge on any atom is 0.311 e. The minimum atomic E-state index is -0.726. The largest absolute Gasteiger partial charge is 0.420 e. The van der Waals surface area contributed by atoms with E-state index in [1.807, 2.05) is 6.92 Å². The summed E-state index contributed by atoms with van der Waals surface area (Å²) < 4.78 is 4.74. The molecule has 5 heteroatoms. The molecule has 0 fully saturated rings. The van der Waals surface area contributed by atoms with Crippen LogP contribution in [0, 0.1) is 0 Å². The Morgan fingerprint density at radius 2 is 1.93 bits per heavy atom. The fourth-order valence-corrected chi connectivity index (χ4v) is 1.06. The van der Waals surface area contributed by atoms with Crippen LogP contribution in [-0.4, -0.2) is 12.5 Å². The lowest BCUT2D eigenvalue weighted by Gasteiger charge is -2.11. The van der Waals surface area contributed by atoms with Crippen molar-refractivity contribution in [1.29, 1.82) is 0 Å². The van der Waals surface area contributed by atoms with E-state index in [9.17, 15) is 14.4 Å². The van der Waals surface area contributed by atoms with E-state index < -0.39 is 16.8 Å². The maximum atomic E-state index is 11.1. The number of carbonyl (C=O) groups excluding carboxylic acids is 1. The minimum absolute atomic E-state index is 0.128. The van der Waals surface area contributed by atoms with Gasteiger partial charge >= 0.3 is 5.97 Å². The molecule has 0 aliphatic heterocycles. The molecule has 15 heavy (non-hydrogen) atoms. The van der Waals surface area contributed by atoms with Crippen LogP contribution in [-0.2, 0) is 4.79 Å². The summed E-state index contributed by atoms with van der Waals surface area (Å²) in [5, 5.41) is 2.76. The highest BCUT2D eigenvalue weighted by Crippen LogP contribution is 2.17. The third kappa shape index (κ3) is 2.23. The summed E-state index contributed by atoms with van der Waals surface area (Å²) in [7, 11) is 0. The van der Waals surface area contributed by atoms with Crippen molar-refractivity contribution in [3.05, 3.63) is 20.4 Å². The summed E-state index contributed by atoms with van der Waals surface area (Å²) in [4.78, 5) is 33.1. The first kappa shape index (κ1) is 11.4. The zero-order chi connectivity index (χ0) is 11.4. The molecular weight excluding hydrogens is 198 g/mol. The molecule has 0 spiro atoms. The van der Waals surface area contributed by atoms with Gasteiger partial charge in [-0.3, -0.25) is 14.4 Å². The molecule has 0 heterocycles. The third-order valence-corrected chi connectivity index (χ3v) is 1.92. The van der Waals surface area contributed by atoms with Gasteiger partial charge in [-0.2, -0.15) is 0 Å². The molecule has 0 atom stereocenters. The number of nitrogens with one attached hydrogen (secondary N) is 1. The molecular formula is C10H13NO4. The zero-order valence-electron chi connectivity index (χ0n) is 8.75. The molecule has 0 saturated carbocycles. The second-order valence-electron chi connectivity index (χ2n) is 3.12. The van der Waals surface area contributed by atoms with Gasteiger partial charge in [0.25, 0.3) is 10.9 Å². The van der Waals surface area contributed by atoms with Crippen LogP contribution in [0.1, 0.15) is 26.7 Å². The standard InChI is InChI=1S/C10H13NO4/c1-3-5-11-7-8(13)9(14)10(7)15-6(12)4-2/h11H,3-5H2,1-2H3. The molecule has 1 rings (SSSR count). The monoisotopic (exact) mass is 211 g/mol. The molecule has 0 saturated heterocycles. The van der Waals surface area contributed by atoms with Crippen molar-refractivity contribution in [1.82, 2.24) is 0 Å². The van der Waals surface area contributed by atoms with Gasteiger partial charge in [0, 0.05) is 13.0 Å². The highest BCUT2D eigenvalue weighted by atomic mass is 16.5. The van der Waals surface area contributed by atoms with Crippen LogP contribution < -0.4 is 20.9 Å². The Bertz CT molecular complexity index is 429. The Hall–Kier alpha value is -1.65. The Kier molecular flexibility index (Phi) is 3.60. The zero-order valence-corrected chi connectivity index (χ0v) is 8.75. The fourth-order valence-electron chi connectivity index (χ4n) is 1.06. The van der Waals surface area contributed by atoms with Crippen molar-refractivity contribution >= 4 is 11.7 Å². The molecule has 0 amide bonds. The average molecular weight is 211 g/mol. The number of ether oxygens (including phenoxy) is 1. The van der Waals surface area contributed by atoms with Crippen molar-refractivity contribution in [2.24, 2.45) is 0 Å². The van der Waals surface area contributed by atoms with Crippen LogP contribution in [0.5, 0.6) is 5.75 Å². The van der Waals surface area contributed by atoms with Crippen molar-refractivity contribution in [3.63, 3.8) is 0 Å². The van der Waals surface area contributed by atoms with E-state index in [1.54, 1.807) is 6.92 Å². The van der Waals surface area contributed by atoms with E-state index in [1.165, 1.54) is 0 Å². The number of rotatable bonds is 5. The molecule has 0 bridgehead atoms. The van der Waals surface area contributed by atoms with Crippen LogP contribution in [0.3, 0.4) is 0 Å². The van der Waals surface area contributed by atoms with Gasteiger partial charge in [-0.05, 0) is 6.42 Å². The first-order valence-corrected chi connectivity index (χ1v) is 4.89. The van der Waals surface area contributed by atoms with Crippen LogP contribution in [0.4, 0.5) is 5.69 Å². The summed E-state index contributed by atoms with van der Waals surface area (Å²) >= 11 is 0. The van der Waals surface area contributed by atoms with E-state index in [-0.39, 0.29) is 17.9 Å². The molecule has 0 aromatic heterocycles. The van der Waals surface area contributed by atoms with Gasteiger partial charge < -0.3 is 10.1 Å². The Balaban J connectivity index is 2.79. The second kappa shape index (κ2) is 4.72. The van der Waals surface area contributed by atoms with Gasteiger partial charge in [0.2, 0.25) is 5.75 Å². The smallest absolute Gasteiger partial charge is 0.311 e. The van der Waals surface area contributed by atoms with Crippen molar-refractivity contribution in [2.75, 3.05) is 11.9 Å². The minimum Gasteiger partial charge on any atom is -0.420 e. The lowest BCUT2D eigenvalue weighted by Crippen LogP contribution is -2.37. The molecule has 0 aliphatic rings. The van der Waals surface area contributed by atoms with Gasteiger partial charge in [0.05, 0.1) is 0 Å². The highest BCUT2D eigenvalue weighted by molar-refractivity contribution is 5.76. The average Bonchev–Trinajstić information content (AvgIpc) is 2.26. The molecule has 0 aliphatic carbocycles. The van der Waals surface area contributed by atoms with Crippen LogP contribution in [0.2, 0.25) is 0 Å². The summed E-state index contributed by atoms with van der Waals surface area (Å²) in [5.41, 5.74) is -1.21. The summed E-state index contributed by atoms with van der Waals surface area (Å²) in [6.45, 7) is 4.12. The summed E-state index contributed by atoms with van der Waals surface area (Å²) in [6, 6.07) is 0. The molecule has 1 N–H and O–H groups in total. The predicted molar refractivity (Wildman–Crippen MR) is 56.1 cm³/mol. The Morgan fingerprint density at radius 3 is 2.47 bits per heavy atom. The molecule has 0 unspecified atom stereocenters. The number of esters is 1. The number of carbonyl (C=O) groups is 1. The molecule has 5 nitrogen and oxygen atoms in total. The quantitative estimate of drug-likeness (QED) is 0.564. The van der Waals surface area contributed by atoms with Gasteiger partial charge in [0.1, 0.15) is 5.69 Å². The van der Waals surface area contributed by atoms with Crippen LogP contribution >= 0.6 is 0 Å². The van der Waals surface area contributed by atoms with Crippen LogP contribution in [0.25, 0.3) is 0 Å². The number of anilines is 1. The van der Waals surface area contributed by atoms with E-state index in [2.05, 4.69) is 5.32 Å². The number of hydrogen-bond donors (Lipinski definition) is 1. The van der Waals surface area contributed by atoms with Gasteiger partial charge in [-0.25, -0.2) is 0 Å². The lowest BCUT2D eigenvalue weighted by atomic mass is 10.2. The summed E-state index contributed by atoms with van der Waals surface area (Å²) in [6.07, 6.45) is 0.992. The van der Waals surface area contributed by atoms with Crippen molar-refractivity contribution in [3.8, 4) is 5.75 Å². The van der Waals surface area contributed by atoms with Crippen LogP contribution in [0.15, 0.2) is 9.59 Å². The van der Waals surface area contributed by atoms with E-state index in [0.717, 1.165) is 6.42 Å². The molecule has 82 valence electrons. The second-order valence-corrected chi connectivity index (χ2v) is 3.12. The molecule has 1 aromatic rings. The van der Waals surface area contributed by atoms with E-state index in [0.29, 0.717) is 6.54 Å². The SMILES string of the molecule is CCCNc1c(OC(=O)CC)c(=O)c1=O. The Morgan fingerprint density at radius 1 is 1.27 bits per heavy atom. The first-order chi connectivity index (χ1) is 7.11. The molecule has 0 radical (unpaired) electrons.